The lowest BCUT2D eigenvalue weighted by Crippen LogP contribution is -2.40. The SMILES string of the molecule is C[C@H]1CN(Cc2coc(-c3ccc(Cl)cc3)n2)CCO1. The molecular formula is C15H17ClN2O2. The summed E-state index contributed by atoms with van der Waals surface area (Å²) < 4.78 is 11.1. The summed E-state index contributed by atoms with van der Waals surface area (Å²) in [5.74, 6) is 0.637. The van der Waals surface area contributed by atoms with Gasteiger partial charge in [-0.1, -0.05) is 11.6 Å². The summed E-state index contributed by atoms with van der Waals surface area (Å²) in [6.45, 7) is 5.54. The molecule has 1 aliphatic heterocycles. The smallest absolute Gasteiger partial charge is 0.226 e. The molecule has 0 radical (unpaired) electrons. The van der Waals surface area contributed by atoms with E-state index >= 15 is 0 Å². The second kappa shape index (κ2) is 5.95. The summed E-state index contributed by atoms with van der Waals surface area (Å²) in [4.78, 5) is 6.87. The number of oxazole rings is 1. The number of benzene rings is 1. The predicted octanol–water partition coefficient (Wildman–Crippen LogP) is 3.22. The second-order valence-corrected chi connectivity index (χ2v) is 5.50. The lowest BCUT2D eigenvalue weighted by atomic mass is 10.2. The van der Waals surface area contributed by atoms with Crippen LogP contribution in [0.2, 0.25) is 5.02 Å². The molecular weight excluding hydrogens is 276 g/mol. The number of halogens is 1. The Bertz CT molecular complexity index is 568. The van der Waals surface area contributed by atoms with Crippen LogP contribution >= 0.6 is 11.6 Å². The van der Waals surface area contributed by atoms with Gasteiger partial charge in [-0.3, -0.25) is 4.90 Å². The van der Waals surface area contributed by atoms with E-state index in [2.05, 4.69) is 16.8 Å². The number of hydrogen-bond acceptors (Lipinski definition) is 4. The minimum atomic E-state index is 0.284. The van der Waals surface area contributed by atoms with E-state index in [-0.39, 0.29) is 6.10 Å². The zero-order valence-electron chi connectivity index (χ0n) is 11.4. The molecule has 2 aromatic rings. The topological polar surface area (TPSA) is 38.5 Å². The van der Waals surface area contributed by atoms with Crippen LogP contribution in [0.15, 0.2) is 34.9 Å². The lowest BCUT2D eigenvalue weighted by Gasteiger charge is -2.30. The molecule has 4 nitrogen and oxygen atoms in total. The van der Waals surface area contributed by atoms with Crippen LogP contribution in [0, 0.1) is 0 Å². The molecule has 5 heteroatoms. The van der Waals surface area contributed by atoms with Crippen molar-refractivity contribution in [3.05, 3.63) is 41.2 Å². The summed E-state index contributed by atoms with van der Waals surface area (Å²) in [6.07, 6.45) is 2.01. The average Bonchev–Trinajstić information content (AvgIpc) is 2.88. The van der Waals surface area contributed by atoms with Gasteiger partial charge in [-0.05, 0) is 31.2 Å². The number of aromatic nitrogens is 1. The first-order chi connectivity index (χ1) is 9.70. The maximum absolute atomic E-state index is 5.88. The van der Waals surface area contributed by atoms with E-state index in [0.717, 1.165) is 37.5 Å². The molecule has 0 amide bonds. The van der Waals surface area contributed by atoms with Crippen LogP contribution in [-0.4, -0.2) is 35.7 Å². The Morgan fingerprint density at radius 2 is 2.15 bits per heavy atom. The molecule has 20 heavy (non-hydrogen) atoms. The molecule has 1 saturated heterocycles. The summed E-state index contributed by atoms with van der Waals surface area (Å²) in [7, 11) is 0. The van der Waals surface area contributed by atoms with E-state index in [0.29, 0.717) is 10.9 Å². The van der Waals surface area contributed by atoms with E-state index in [1.54, 1.807) is 6.26 Å². The molecule has 1 fully saturated rings. The van der Waals surface area contributed by atoms with Gasteiger partial charge in [-0.2, -0.15) is 0 Å². The second-order valence-electron chi connectivity index (χ2n) is 5.07. The van der Waals surface area contributed by atoms with Gasteiger partial charge in [0.1, 0.15) is 6.26 Å². The Kier molecular flexibility index (Phi) is 4.05. The summed E-state index contributed by atoms with van der Waals surface area (Å²) in [5.41, 5.74) is 1.89. The summed E-state index contributed by atoms with van der Waals surface area (Å²) in [5, 5.41) is 0.711. The first-order valence-corrected chi connectivity index (χ1v) is 7.13. The molecule has 0 bridgehead atoms. The Balaban J connectivity index is 1.69. The maximum Gasteiger partial charge on any atom is 0.226 e. The molecule has 106 valence electrons. The minimum Gasteiger partial charge on any atom is -0.444 e. The van der Waals surface area contributed by atoms with Crippen molar-refractivity contribution >= 4 is 11.6 Å². The highest BCUT2D eigenvalue weighted by Crippen LogP contribution is 2.21. The molecule has 0 aliphatic carbocycles. The maximum atomic E-state index is 5.88. The molecule has 1 aromatic heterocycles. The van der Waals surface area contributed by atoms with Gasteiger partial charge < -0.3 is 9.15 Å². The molecule has 1 aromatic carbocycles. The Hall–Kier alpha value is -1.36. The monoisotopic (exact) mass is 292 g/mol. The van der Waals surface area contributed by atoms with Crippen LogP contribution in [-0.2, 0) is 11.3 Å². The largest absolute Gasteiger partial charge is 0.444 e. The highest BCUT2D eigenvalue weighted by molar-refractivity contribution is 6.30. The number of morpholine rings is 1. The zero-order valence-corrected chi connectivity index (χ0v) is 12.1. The van der Waals surface area contributed by atoms with Crippen molar-refractivity contribution in [2.24, 2.45) is 0 Å². The molecule has 1 atom stereocenters. The Morgan fingerprint density at radius 3 is 2.90 bits per heavy atom. The minimum absolute atomic E-state index is 0.284. The Morgan fingerprint density at radius 1 is 1.35 bits per heavy atom. The first-order valence-electron chi connectivity index (χ1n) is 6.75. The van der Waals surface area contributed by atoms with Crippen molar-refractivity contribution in [3.8, 4) is 11.5 Å². The highest BCUT2D eigenvalue weighted by Gasteiger charge is 2.18. The first kappa shape index (κ1) is 13.6. The van der Waals surface area contributed by atoms with Gasteiger partial charge in [0.05, 0.1) is 18.4 Å². The van der Waals surface area contributed by atoms with Crippen molar-refractivity contribution in [1.29, 1.82) is 0 Å². The predicted molar refractivity (Wildman–Crippen MR) is 77.6 cm³/mol. The third kappa shape index (κ3) is 3.20. The van der Waals surface area contributed by atoms with Crippen LogP contribution in [0.1, 0.15) is 12.6 Å². The fourth-order valence-electron chi connectivity index (χ4n) is 2.37. The van der Waals surface area contributed by atoms with Crippen LogP contribution < -0.4 is 0 Å². The van der Waals surface area contributed by atoms with E-state index < -0.39 is 0 Å². The van der Waals surface area contributed by atoms with Crippen molar-refractivity contribution in [2.45, 2.75) is 19.6 Å². The number of hydrogen-bond donors (Lipinski definition) is 0. The van der Waals surface area contributed by atoms with Crippen molar-refractivity contribution in [3.63, 3.8) is 0 Å². The van der Waals surface area contributed by atoms with Gasteiger partial charge in [0, 0.05) is 30.2 Å². The van der Waals surface area contributed by atoms with Gasteiger partial charge in [-0.15, -0.1) is 0 Å². The fourth-order valence-corrected chi connectivity index (χ4v) is 2.49. The lowest BCUT2D eigenvalue weighted by molar-refractivity contribution is -0.0215. The van der Waals surface area contributed by atoms with Crippen molar-refractivity contribution in [2.75, 3.05) is 19.7 Å². The molecule has 2 heterocycles. The molecule has 0 unspecified atom stereocenters. The molecule has 0 spiro atoms. The standard InChI is InChI=1S/C15H17ClN2O2/c1-11-8-18(6-7-19-11)9-14-10-20-15(17-14)12-2-4-13(16)5-3-12/h2-5,10-11H,6-9H2,1H3/t11-/m0/s1. The molecule has 1 aliphatic rings. The number of nitrogens with zero attached hydrogens (tertiary/aromatic N) is 2. The molecule has 3 rings (SSSR count). The van der Waals surface area contributed by atoms with Gasteiger partial charge in [0.15, 0.2) is 0 Å². The van der Waals surface area contributed by atoms with Gasteiger partial charge in [0.25, 0.3) is 0 Å². The van der Waals surface area contributed by atoms with Crippen molar-refractivity contribution < 1.29 is 9.15 Å². The summed E-state index contributed by atoms with van der Waals surface area (Å²) >= 11 is 5.88. The summed E-state index contributed by atoms with van der Waals surface area (Å²) in [6, 6.07) is 7.50. The quantitative estimate of drug-likeness (QED) is 0.871. The van der Waals surface area contributed by atoms with E-state index in [4.69, 9.17) is 20.8 Å². The van der Waals surface area contributed by atoms with Crippen molar-refractivity contribution in [1.82, 2.24) is 9.88 Å². The van der Waals surface area contributed by atoms with E-state index in [9.17, 15) is 0 Å². The number of ether oxygens (including phenoxy) is 1. The molecule has 0 saturated carbocycles. The van der Waals surface area contributed by atoms with Gasteiger partial charge in [-0.25, -0.2) is 4.98 Å². The van der Waals surface area contributed by atoms with Crippen LogP contribution in [0.25, 0.3) is 11.5 Å². The van der Waals surface area contributed by atoms with Gasteiger partial charge >= 0.3 is 0 Å². The van der Waals surface area contributed by atoms with E-state index in [1.807, 2.05) is 24.3 Å². The van der Waals surface area contributed by atoms with E-state index in [1.165, 1.54) is 0 Å². The third-order valence-electron chi connectivity index (χ3n) is 3.35. The third-order valence-corrected chi connectivity index (χ3v) is 3.61. The number of rotatable bonds is 3. The zero-order chi connectivity index (χ0) is 13.9. The van der Waals surface area contributed by atoms with Gasteiger partial charge in [0.2, 0.25) is 5.89 Å². The molecule has 0 N–H and O–H groups in total. The Labute approximate surface area is 123 Å². The average molecular weight is 293 g/mol. The van der Waals surface area contributed by atoms with Crippen LogP contribution in [0.5, 0.6) is 0 Å². The van der Waals surface area contributed by atoms with Crippen LogP contribution in [0.4, 0.5) is 0 Å². The fraction of sp³-hybridized carbons (Fsp3) is 0.400. The van der Waals surface area contributed by atoms with Crippen LogP contribution in [0.3, 0.4) is 0 Å². The normalized spacial score (nSPS) is 20.2. The highest BCUT2D eigenvalue weighted by atomic mass is 35.5.